The summed E-state index contributed by atoms with van der Waals surface area (Å²) in [4.78, 5) is 20.6. The predicted octanol–water partition coefficient (Wildman–Crippen LogP) is 3.58. The molecule has 0 bridgehead atoms. The van der Waals surface area contributed by atoms with E-state index in [1.165, 1.54) is 5.56 Å². The van der Waals surface area contributed by atoms with Crippen LogP contribution in [0.1, 0.15) is 34.7 Å². The summed E-state index contributed by atoms with van der Waals surface area (Å²) in [6, 6.07) is 19.5. The van der Waals surface area contributed by atoms with E-state index in [-0.39, 0.29) is 11.9 Å². The van der Waals surface area contributed by atoms with E-state index in [0.717, 1.165) is 11.4 Å². The van der Waals surface area contributed by atoms with Crippen LogP contribution in [-0.4, -0.2) is 15.9 Å². The van der Waals surface area contributed by atoms with Gasteiger partial charge in [-0.15, -0.1) is 0 Å². The minimum absolute atomic E-state index is 0.159. The molecule has 0 radical (unpaired) electrons. The Bertz CT molecular complexity index is 804. The highest BCUT2D eigenvalue weighted by Gasteiger charge is 2.09. The number of anilines is 1. The zero-order chi connectivity index (χ0) is 17.5. The van der Waals surface area contributed by atoms with Crippen molar-refractivity contribution in [3.8, 4) is 0 Å². The van der Waals surface area contributed by atoms with Crippen LogP contribution in [-0.2, 0) is 6.54 Å². The molecule has 1 amide bonds. The lowest BCUT2D eigenvalue weighted by Crippen LogP contribution is -2.24. The Morgan fingerprint density at radius 1 is 1.00 bits per heavy atom. The molecule has 2 aromatic heterocycles. The molecule has 0 aliphatic rings. The lowest BCUT2D eigenvalue weighted by Gasteiger charge is -2.15. The minimum Gasteiger partial charge on any atom is -0.377 e. The van der Waals surface area contributed by atoms with Gasteiger partial charge in [0.2, 0.25) is 0 Å². The van der Waals surface area contributed by atoms with Crippen LogP contribution in [0.15, 0.2) is 73.1 Å². The largest absolute Gasteiger partial charge is 0.377 e. The van der Waals surface area contributed by atoms with Crippen molar-refractivity contribution in [1.29, 1.82) is 0 Å². The highest BCUT2D eigenvalue weighted by molar-refractivity contribution is 5.92. The van der Waals surface area contributed by atoms with Gasteiger partial charge in [0.15, 0.2) is 0 Å². The Hall–Kier alpha value is -3.21. The third kappa shape index (κ3) is 4.64. The summed E-state index contributed by atoms with van der Waals surface area (Å²) in [5.41, 5.74) is 3.26. The van der Waals surface area contributed by atoms with Crippen molar-refractivity contribution in [2.24, 2.45) is 0 Å². The van der Waals surface area contributed by atoms with Gasteiger partial charge in [0.25, 0.3) is 5.91 Å². The molecule has 1 atom stereocenters. The molecule has 5 heteroatoms. The first-order valence-corrected chi connectivity index (χ1v) is 8.18. The molecule has 0 aliphatic heterocycles. The van der Waals surface area contributed by atoms with Gasteiger partial charge >= 0.3 is 0 Å². The lowest BCUT2D eigenvalue weighted by molar-refractivity contribution is 0.0945. The monoisotopic (exact) mass is 332 g/mol. The molecule has 3 rings (SSSR count). The summed E-state index contributed by atoms with van der Waals surface area (Å²) < 4.78 is 0. The maximum atomic E-state index is 12.2. The van der Waals surface area contributed by atoms with Crippen LogP contribution in [0.3, 0.4) is 0 Å². The molecule has 2 N–H and O–H groups in total. The number of hydrogen-bond acceptors (Lipinski definition) is 4. The lowest BCUT2D eigenvalue weighted by atomic mass is 10.1. The molecule has 0 spiro atoms. The fourth-order valence-electron chi connectivity index (χ4n) is 2.45. The summed E-state index contributed by atoms with van der Waals surface area (Å²) >= 11 is 0. The molecule has 0 aliphatic carbocycles. The number of amides is 1. The molecule has 1 unspecified atom stereocenters. The second-order valence-electron chi connectivity index (χ2n) is 5.71. The first kappa shape index (κ1) is 16.6. The molecule has 0 fully saturated rings. The third-order valence-electron chi connectivity index (χ3n) is 3.84. The Labute approximate surface area is 147 Å². The van der Waals surface area contributed by atoms with Crippen LogP contribution < -0.4 is 10.6 Å². The van der Waals surface area contributed by atoms with Crippen LogP contribution in [0.2, 0.25) is 0 Å². The number of pyridine rings is 2. The van der Waals surface area contributed by atoms with Gasteiger partial charge in [-0.2, -0.15) is 0 Å². The Kier molecular flexibility index (Phi) is 5.36. The van der Waals surface area contributed by atoms with Gasteiger partial charge in [-0.3, -0.25) is 9.78 Å². The molecule has 126 valence electrons. The van der Waals surface area contributed by atoms with Gasteiger partial charge in [0.1, 0.15) is 5.69 Å². The van der Waals surface area contributed by atoms with Crippen molar-refractivity contribution in [3.63, 3.8) is 0 Å². The zero-order valence-corrected chi connectivity index (χ0v) is 14.0. The molecule has 0 saturated carbocycles. The van der Waals surface area contributed by atoms with Gasteiger partial charge in [0.05, 0.1) is 24.1 Å². The molecular weight excluding hydrogens is 312 g/mol. The van der Waals surface area contributed by atoms with Gasteiger partial charge < -0.3 is 10.6 Å². The third-order valence-corrected chi connectivity index (χ3v) is 3.84. The van der Waals surface area contributed by atoms with Crippen molar-refractivity contribution in [1.82, 2.24) is 15.3 Å². The Morgan fingerprint density at radius 2 is 1.80 bits per heavy atom. The summed E-state index contributed by atoms with van der Waals surface area (Å²) in [5, 5.41) is 6.19. The normalized spacial score (nSPS) is 11.6. The Balaban J connectivity index is 1.57. The quantitative estimate of drug-likeness (QED) is 0.724. The van der Waals surface area contributed by atoms with E-state index in [9.17, 15) is 4.79 Å². The van der Waals surface area contributed by atoms with Crippen LogP contribution in [0.25, 0.3) is 0 Å². The van der Waals surface area contributed by atoms with E-state index in [2.05, 4.69) is 39.7 Å². The van der Waals surface area contributed by atoms with Gasteiger partial charge in [-0.05, 0) is 36.8 Å². The number of carbonyl (C=O) groups excluding carboxylic acids is 1. The van der Waals surface area contributed by atoms with Gasteiger partial charge in [0, 0.05) is 12.2 Å². The molecule has 25 heavy (non-hydrogen) atoms. The summed E-state index contributed by atoms with van der Waals surface area (Å²) in [5.74, 6) is -0.215. The SMILES string of the molecule is CC(Nc1ccc(C(=O)NCc2ccccn2)nc1)c1ccccc1. The first-order valence-electron chi connectivity index (χ1n) is 8.18. The maximum absolute atomic E-state index is 12.2. The number of rotatable bonds is 6. The zero-order valence-electron chi connectivity index (χ0n) is 14.0. The van der Waals surface area contributed by atoms with Crippen molar-refractivity contribution >= 4 is 11.6 Å². The average Bonchev–Trinajstić information content (AvgIpc) is 2.68. The number of aromatic nitrogens is 2. The summed E-state index contributed by atoms with van der Waals surface area (Å²) in [7, 11) is 0. The maximum Gasteiger partial charge on any atom is 0.270 e. The van der Waals surface area contributed by atoms with Crippen molar-refractivity contribution < 1.29 is 4.79 Å². The average molecular weight is 332 g/mol. The van der Waals surface area contributed by atoms with Crippen LogP contribution in [0.4, 0.5) is 5.69 Å². The molecule has 0 saturated heterocycles. The first-order chi connectivity index (χ1) is 12.2. The van der Waals surface area contributed by atoms with Gasteiger partial charge in [-0.25, -0.2) is 4.98 Å². The summed E-state index contributed by atoms with van der Waals surface area (Å²) in [6.45, 7) is 2.47. The van der Waals surface area contributed by atoms with Crippen LogP contribution >= 0.6 is 0 Å². The van der Waals surface area contributed by atoms with Crippen molar-refractivity contribution in [2.75, 3.05) is 5.32 Å². The molecule has 2 heterocycles. The number of nitrogens with zero attached hydrogens (tertiary/aromatic N) is 2. The summed E-state index contributed by atoms with van der Waals surface area (Å²) in [6.07, 6.45) is 3.38. The van der Waals surface area contributed by atoms with Crippen LogP contribution in [0.5, 0.6) is 0 Å². The van der Waals surface area contributed by atoms with Crippen molar-refractivity contribution in [3.05, 3.63) is 90.0 Å². The highest BCUT2D eigenvalue weighted by atomic mass is 16.1. The topological polar surface area (TPSA) is 66.9 Å². The van der Waals surface area contributed by atoms with E-state index < -0.39 is 0 Å². The number of benzene rings is 1. The van der Waals surface area contributed by atoms with E-state index in [0.29, 0.717) is 12.2 Å². The van der Waals surface area contributed by atoms with E-state index in [1.807, 2.05) is 42.5 Å². The predicted molar refractivity (Wildman–Crippen MR) is 98.1 cm³/mol. The number of nitrogens with one attached hydrogen (secondary N) is 2. The fraction of sp³-hybridized carbons (Fsp3) is 0.150. The molecule has 5 nitrogen and oxygen atoms in total. The van der Waals surface area contributed by atoms with E-state index in [1.54, 1.807) is 18.5 Å². The second kappa shape index (κ2) is 8.06. The second-order valence-corrected chi connectivity index (χ2v) is 5.71. The number of hydrogen-bond donors (Lipinski definition) is 2. The fourth-order valence-corrected chi connectivity index (χ4v) is 2.45. The van der Waals surface area contributed by atoms with Crippen LogP contribution in [0, 0.1) is 0 Å². The molecule has 3 aromatic rings. The van der Waals surface area contributed by atoms with E-state index >= 15 is 0 Å². The Morgan fingerprint density at radius 3 is 2.48 bits per heavy atom. The molecular formula is C20H20N4O. The number of carbonyl (C=O) groups is 1. The highest BCUT2D eigenvalue weighted by Crippen LogP contribution is 2.18. The van der Waals surface area contributed by atoms with Crippen molar-refractivity contribution in [2.45, 2.75) is 19.5 Å². The van der Waals surface area contributed by atoms with E-state index in [4.69, 9.17) is 0 Å². The smallest absolute Gasteiger partial charge is 0.270 e. The molecule has 1 aromatic carbocycles. The standard InChI is InChI=1S/C20H20N4O/c1-15(16-7-3-2-4-8-16)24-18-10-11-19(22-14-18)20(25)23-13-17-9-5-6-12-21-17/h2-12,14-15,24H,13H2,1H3,(H,23,25). The van der Waals surface area contributed by atoms with Gasteiger partial charge in [-0.1, -0.05) is 36.4 Å². The minimum atomic E-state index is -0.215.